The molecule has 13 heteroatoms. The first-order valence-electron chi connectivity index (χ1n) is 10.4. The van der Waals surface area contributed by atoms with E-state index in [4.69, 9.17) is 9.47 Å². The van der Waals surface area contributed by atoms with E-state index < -0.39 is 27.4 Å². The van der Waals surface area contributed by atoms with Crippen LogP contribution in [0.25, 0.3) is 11.5 Å². The van der Waals surface area contributed by atoms with Crippen molar-refractivity contribution in [3.63, 3.8) is 0 Å². The topological polar surface area (TPSA) is 139 Å². The van der Waals surface area contributed by atoms with Crippen molar-refractivity contribution >= 4 is 16.0 Å². The molecule has 0 fully saturated rings. The molecule has 0 aliphatic rings. The van der Waals surface area contributed by atoms with E-state index in [9.17, 15) is 8.42 Å². The van der Waals surface area contributed by atoms with Gasteiger partial charge in [-0.2, -0.15) is 5.10 Å². The minimum absolute atomic E-state index is 0.0349. The number of rotatable bonds is 11. The number of hydrogen-bond acceptors (Lipinski definition) is 9. The Morgan fingerprint density at radius 1 is 1.15 bits per heavy atom. The Balaban J connectivity index is 1.95. The number of ether oxygens (including phenoxy) is 2. The molecule has 3 aromatic heterocycles. The maximum absolute atomic E-state index is 13.3. The van der Waals surface area contributed by atoms with Gasteiger partial charge in [-0.1, -0.05) is 6.92 Å². The minimum Gasteiger partial charge on any atom is -0.385 e. The smallest absolute Gasteiger partial charge is 0.240 e. The van der Waals surface area contributed by atoms with Gasteiger partial charge in [-0.25, -0.2) is 8.42 Å². The van der Waals surface area contributed by atoms with Gasteiger partial charge in [0.15, 0.2) is 5.82 Å². The molecule has 0 aromatic carbocycles. The zero-order valence-electron chi connectivity index (χ0n) is 19.6. The van der Waals surface area contributed by atoms with Gasteiger partial charge in [-0.15, -0.1) is 10.2 Å². The molecule has 180 valence electrons. The lowest BCUT2D eigenvalue weighted by Gasteiger charge is -2.23. The fourth-order valence-corrected chi connectivity index (χ4v) is 4.54. The number of anilines is 1. The minimum atomic E-state index is -3.87. The predicted molar refractivity (Wildman–Crippen MR) is 122 cm³/mol. The molecular weight excluding hydrogens is 448 g/mol. The van der Waals surface area contributed by atoms with E-state index >= 15 is 0 Å². The highest BCUT2D eigenvalue weighted by atomic mass is 32.2. The third-order valence-electron chi connectivity index (χ3n) is 5.46. The van der Waals surface area contributed by atoms with E-state index in [0.717, 1.165) is 5.69 Å². The van der Waals surface area contributed by atoms with Gasteiger partial charge >= 0.3 is 0 Å². The number of nitrogens with one attached hydrogen (secondary N) is 1. The lowest BCUT2D eigenvalue weighted by molar-refractivity contribution is 0.0189. The summed E-state index contributed by atoms with van der Waals surface area (Å²) in [5.41, 5.74) is 1.88. The van der Waals surface area contributed by atoms with Crippen LogP contribution in [-0.4, -0.2) is 69.0 Å². The molecule has 3 aromatic rings. The highest BCUT2D eigenvalue weighted by Crippen LogP contribution is 2.29. The van der Waals surface area contributed by atoms with Crippen molar-refractivity contribution in [3.8, 4) is 11.5 Å². The molecule has 0 saturated heterocycles. The van der Waals surface area contributed by atoms with E-state index in [2.05, 4.69) is 30.0 Å². The standard InChI is InChI=1S/C20H30N8O4S/c1-13-11-22-17(12-21-13)14(2)15(3)33(29,30)26-20-24-23-19(16-7-9-27(4)25-16)28(20)18(32-6)8-10-31-5/h7,9,11-12,14-15,18H,8,10H2,1-6H3,(H,24,26)/t14-,15-,18?/m0/s1. The maximum atomic E-state index is 13.3. The third-order valence-corrected chi connectivity index (χ3v) is 7.32. The Kier molecular flexibility index (Phi) is 7.76. The molecule has 3 atom stereocenters. The number of methoxy groups -OCH3 is 2. The van der Waals surface area contributed by atoms with Crippen LogP contribution in [0.15, 0.2) is 24.7 Å². The van der Waals surface area contributed by atoms with Gasteiger partial charge < -0.3 is 9.47 Å². The van der Waals surface area contributed by atoms with E-state index in [1.165, 1.54) is 7.11 Å². The highest BCUT2D eigenvalue weighted by Gasteiger charge is 2.32. The molecule has 1 unspecified atom stereocenters. The summed E-state index contributed by atoms with van der Waals surface area (Å²) in [6, 6.07) is 1.77. The molecule has 3 rings (SSSR count). The van der Waals surface area contributed by atoms with E-state index in [-0.39, 0.29) is 5.95 Å². The lowest BCUT2D eigenvalue weighted by atomic mass is 10.1. The first-order chi connectivity index (χ1) is 15.7. The highest BCUT2D eigenvalue weighted by molar-refractivity contribution is 7.93. The number of sulfonamides is 1. The summed E-state index contributed by atoms with van der Waals surface area (Å²) in [4.78, 5) is 8.55. The van der Waals surface area contributed by atoms with Gasteiger partial charge in [0.1, 0.15) is 11.9 Å². The van der Waals surface area contributed by atoms with Gasteiger partial charge in [-0.3, -0.25) is 23.9 Å². The van der Waals surface area contributed by atoms with Crippen molar-refractivity contribution in [2.75, 3.05) is 25.5 Å². The van der Waals surface area contributed by atoms with Crippen molar-refractivity contribution in [2.45, 2.75) is 44.6 Å². The summed E-state index contributed by atoms with van der Waals surface area (Å²) in [5, 5.41) is 11.9. The Morgan fingerprint density at radius 3 is 2.48 bits per heavy atom. The van der Waals surface area contributed by atoms with Crippen molar-refractivity contribution in [3.05, 3.63) is 36.0 Å². The molecular formula is C20H30N8O4S. The number of aromatic nitrogens is 7. The van der Waals surface area contributed by atoms with Crippen molar-refractivity contribution in [1.29, 1.82) is 0 Å². The maximum Gasteiger partial charge on any atom is 0.240 e. The second-order valence-corrected chi connectivity index (χ2v) is 9.82. The van der Waals surface area contributed by atoms with Gasteiger partial charge in [-0.05, 0) is 19.9 Å². The third kappa shape index (κ3) is 5.54. The zero-order valence-corrected chi connectivity index (χ0v) is 20.4. The molecule has 0 radical (unpaired) electrons. The summed E-state index contributed by atoms with van der Waals surface area (Å²) < 4.78 is 43.2. The van der Waals surface area contributed by atoms with Crippen molar-refractivity contribution in [1.82, 2.24) is 34.5 Å². The number of aryl methyl sites for hydroxylation is 2. The van der Waals surface area contributed by atoms with E-state index in [1.54, 1.807) is 61.9 Å². The molecule has 1 N–H and O–H groups in total. The molecule has 0 aliphatic heterocycles. The van der Waals surface area contributed by atoms with Crippen molar-refractivity contribution < 1.29 is 17.9 Å². The zero-order chi connectivity index (χ0) is 24.2. The van der Waals surface area contributed by atoms with Crippen LogP contribution in [0.2, 0.25) is 0 Å². The SMILES string of the molecule is COCCC(OC)n1c(NS(=O)(=O)[C@@H](C)[C@H](C)c2cnc(C)cn2)nnc1-c1ccn(C)n1. The van der Waals surface area contributed by atoms with Gasteiger partial charge in [0, 0.05) is 52.2 Å². The summed E-state index contributed by atoms with van der Waals surface area (Å²) in [6.07, 6.45) is 4.85. The lowest BCUT2D eigenvalue weighted by Crippen LogP contribution is -2.32. The second-order valence-electron chi connectivity index (χ2n) is 7.79. The van der Waals surface area contributed by atoms with Crippen LogP contribution in [0, 0.1) is 6.92 Å². The Morgan fingerprint density at radius 2 is 1.91 bits per heavy atom. The van der Waals surface area contributed by atoms with E-state index in [0.29, 0.717) is 30.2 Å². The molecule has 0 bridgehead atoms. The monoisotopic (exact) mass is 478 g/mol. The van der Waals surface area contributed by atoms with Crippen LogP contribution in [0.1, 0.15) is 43.8 Å². The molecule has 0 amide bonds. The molecule has 3 heterocycles. The largest absolute Gasteiger partial charge is 0.385 e. The molecule has 0 saturated carbocycles. The quantitative estimate of drug-likeness (QED) is 0.437. The van der Waals surface area contributed by atoms with Crippen LogP contribution in [0.3, 0.4) is 0 Å². The van der Waals surface area contributed by atoms with Crippen LogP contribution >= 0.6 is 0 Å². The average Bonchev–Trinajstić information content (AvgIpc) is 3.40. The van der Waals surface area contributed by atoms with Crippen LogP contribution < -0.4 is 4.72 Å². The van der Waals surface area contributed by atoms with E-state index in [1.807, 2.05) is 6.92 Å². The fraction of sp³-hybridized carbons (Fsp3) is 0.550. The van der Waals surface area contributed by atoms with Gasteiger partial charge in [0.05, 0.1) is 23.2 Å². The van der Waals surface area contributed by atoms with Crippen LogP contribution in [0.4, 0.5) is 5.95 Å². The van der Waals surface area contributed by atoms with Gasteiger partial charge in [0.25, 0.3) is 0 Å². The van der Waals surface area contributed by atoms with Crippen LogP contribution in [0.5, 0.6) is 0 Å². The Bertz CT molecular complexity index is 1160. The Labute approximate surface area is 193 Å². The Hall–Kier alpha value is -2.90. The average molecular weight is 479 g/mol. The fourth-order valence-electron chi connectivity index (χ4n) is 3.28. The first kappa shape index (κ1) is 24.7. The summed E-state index contributed by atoms with van der Waals surface area (Å²) >= 11 is 0. The summed E-state index contributed by atoms with van der Waals surface area (Å²) in [5.74, 6) is 0.00273. The van der Waals surface area contributed by atoms with Crippen molar-refractivity contribution in [2.24, 2.45) is 7.05 Å². The summed E-state index contributed by atoms with van der Waals surface area (Å²) in [6.45, 7) is 5.63. The molecule has 33 heavy (non-hydrogen) atoms. The van der Waals surface area contributed by atoms with Crippen LogP contribution in [-0.2, 0) is 26.5 Å². The summed E-state index contributed by atoms with van der Waals surface area (Å²) in [7, 11) is 1.02. The second kappa shape index (κ2) is 10.4. The number of hydrogen-bond donors (Lipinski definition) is 1. The molecule has 0 spiro atoms. The van der Waals surface area contributed by atoms with Gasteiger partial charge in [0.2, 0.25) is 16.0 Å². The number of nitrogens with zero attached hydrogens (tertiary/aromatic N) is 7. The first-order valence-corrected chi connectivity index (χ1v) is 12.0. The normalized spacial score (nSPS) is 14.7. The molecule has 0 aliphatic carbocycles. The molecule has 12 nitrogen and oxygen atoms in total. The predicted octanol–water partition coefficient (Wildman–Crippen LogP) is 1.89.